The van der Waals surface area contributed by atoms with Crippen LogP contribution in [0.2, 0.25) is 0 Å². The maximum Gasteiger partial charge on any atom is 0.243 e. The molecule has 1 heterocycles. The predicted octanol–water partition coefficient (Wildman–Crippen LogP) is 1.88. The van der Waals surface area contributed by atoms with E-state index in [1.807, 2.05) is 24.0 Å². The van der Waals surface area contributed by atoms with E-state index in [2.05, 4.69) is 0 Å². The molecule has 0 aromatic heterocycles. The van der Waals surface area contributed by atoms with Crippen LogP contribution in [-0.4, -0.2) is 49.7 Å². The van der Waals surface area contributed by atoms with E-state index >= 15 is 0 Å². The molecule has 0 unspecified atom stereocenters. The third-order valence-electron chi connectivity index (χ3n) is 4.97. The van der Waals surface area contributed by atoms with Gasteiger partial charge < -0.3 is 4.90 Å². The van der Waals surface area contributed by atoms with E-state index in [-0.39, 0.29) is 11.8 Å². The molecule has 1 saturated carbocycles. The number of carbonyl (C=O) groups excluding carboxylic acids is 1. The highest BCUT2D eigenvalue weighted by atomic mass is 32.2. The topological polar surface area (TPSA) is 57.7 Å². The summed E-state index contributed by atoms with van der Waals surface area (Å²) < 4.78 is 26.9. The minimum Gasteiger partial charge on any atom is -0.340 e. The van der Waals surface area contributed by atoms with Gasteiger partial charge in [0.2, 0.25) is 15.9 Å². The quantitative estimate of drug-likeness (QED) is 0.843. The zero-order chi connectivity index (χ0) is 16.4. The van der Waals surface area contributed by atoms with Crippen molar-refractivity contribution in [2.75, 3.05) is 26.2 Å². The van der Waals surface area contributed by atoms with Gasteiger partial charge in [-0.15, -0.1) is 0 Å². The minimum absolute atomic E-state index is 0.180. The number of carbonyl (C=O) groups is 1. The summed E-state index contributed by atoms with van der Waals surface area (Å²) in [6.07, 6.45) is 4.00. The number of benzene rings is 1. The average molecular weight is 336 g/mol. The van der Waals surface area contributed by atoms with E-state index in [9.17, 15) is 13.2 Å². The molecule has 0 spiro atoms. The Bertz CT molecular complexity index is 658. The van der Waals surface area contributed by atoms with Crippen LogP contribution in [0.4, 0.5) is 0 Å². The van der Waals surface area contributed by atoms with E-state index in [4.69, 9.17) is 0 Å². The Morgan fingerprint density at radius 3 is 2.17 bits per heavy atom. The first kappa shape index (κ1) is 16.5. The van der Waals surface area contributed by atoms with E-state index in [0.29, 0.717) is 31.1 Å². The first-order chi connectivity index (χ1) is 11.0. The van der Waals surface area contributed by atoms with Gasteiger partial charge in [0.15, 0.2) is 0 Å². The van der Waals surface area contributed by atoms with Crippen molar-refractivity contribution >= 4 is 15.9 Å². The second kappa shape index (κ2) is 6.61. The van der Waals surface area contributed by atoms with Crippen molar-refractivity contribution in [3.63, 3.8) is 0 Å². The molecule has 6 heteroatoms. The first-order valence-electron chi connectivity index (χ1n) is 8.40. The molecule has 23 heavy (non-hydrogen) atoms. The van der Waals surface area contributed by atoms with Crippen molar-refractivity contribution in [3.05, 3.63) is 29.8 Å². The lowest BCUT2D eigenvalue weighted by atomic mass is 9.84. The molecule has 2 fully saturated rings. The SMILES string of the molecule is CCc1ccc(S(=O)(=O)N2CCN(C(=O)C3CCC3)CC2)cc1. The zero-order valence-electron chi connectivity index (χ0n) is 13.6. The molecule has 126 valence electrons. The van der Waals surface area contributed by atoms with Gasteiger partial charge >= 0.3 is 0 Å². The largest absolute Gasteiger partial charge is 0.340 e. The van der Waals surface area contributed by atoms with E-state index in [0.717, 1.165) is 31.2 Å². The number of sulfonamides is 1. The van der Waals surface area contributed by atoms with Crippen LogP contribution in [0.15, 0.2) is 29.2 Å². The second-order valence-corrected chi connectivity index (χ2v) is 8.29. The fraction of sp³-hybridized carbons (Fsp3) is 0.588. The minimum atomic E-state index is -3.45. The highest BCUT2D eigenvalue weighted by molar-refractivity contribution is 7.89. The molecule has 2 aliphatic rings. The molecular weight excluding hydrogens is 312 g/mol. The van der Waals surface area contributed by atoms with Gasteiger partial charge in [-0.3, -0.25) is 4.79 Å². The Morgan fingerprint density at radius 2 is 1.70 bits per heavy atom. The molecule has 0 atom stereocenters. The van der Waals surface area contributed by atoms with Crippen LogP contribution in [0.25, 0.3) is 0 Å². The van der Waals surface area contributed by atoms with Gasteiger partial charge in [0.25, 0.3) is 0 Å². The average Bonchev–Trinajstić information content (AvgIpc) is 2.53. The van der Waals surface area contributed by atoms with Crippen molar-refractivity contribution in [2.24, 2.45) is 5.92 Å². The summed E-state index contributed by atoms with van der Waals surface area (Å²) in [5.74, 6) is 0.389. The monoisotopic (exact) mass is 336 g/mol. The molecule has 3 rings (SSSR count). The van der Waals surface area contributed by atoms with Gasteiger partial charge in [-0.05, 0) is 37.0 Å². The normalized spacial score (nSPS) is 20.3. The van der Waals surface area contributed by atoms with Crippen molar-refractivity contribution in [1.82, 2.24) is 9.21 Å². The smallest absolute Gasteiger partial charge is 0.243 e. The van der Waals surface area contributed by atoms with Gasteiger partial charge in [-0.25, -0.2) is 8.42 Å². The third kappa shape index (κ3) is 3.28. The number of piperazine rings is 1. The molecule has 1 aromatic rings. The molecule has 1 amide bonds. The van der Waals surface area contributed by atoms with Gasteiger partial charge in [0.05, 0.1) is 4.90 Å². The number of rotatable bonds is 4. The lowest BCUT2D eigenvalue weighted by molar-refractivity contribution is -0.139. The molecule has 1 saturated heterocycles. The van der Waals surface area contributed by atoms with Gasteiger partial charge in [0.1, 0.15) is 0 Å². The van der Waals surface area contributed by atoms with Crippen LogP contribution in [0.3, 0.4) is 0 Å². The number of amides is 1. The third-order valence-corrected chi connectivity index (χ3v) is 6.89. The summed E-state index contributed by atoms with van der Waals surface area (Å²) in [6, 6.07) is 7.09. The van der Waals surface area contributed by atoms with Crippen molar-refractivity contribution in [3.8, 4) is 0 Å². The van der Waals surface area contributed by atoms with Crippen molar-refractivity contribution in [1.29, 1.82) is 0 Å². The second-order valence-electron chi connectivity index (χ2n) is 6.35. The molecule has 0 radical (unpaired) electrons. The Balaban J connectivity index is 1.64. The Morgan fingerprint density at radius 1 is 1.09 bits per heavy atom. The number of hydrogen-bond donors (Lipinski definition) is 0. The maximum atomic E-state index is 12.7. The van der Waals surface area contributed by atoms with Crippen LogP contribution in [0, 0.1) is 5.92 Å². The molecule has 1 aliphatic heterocycles. The first-order valence-corrected chi connectivity index (χ1v) is 9.84. The van der Waals surface area contributed by atoms with Crippen LogP contribution < -0.4 is 0 Å². The van der Waals surface area contributed by atoms with E-state index in [1.165, 1.54) is 4.31 Å². The maximum absolute atomic E-state index is 12.7. The molecular formula is C17H24N2O3S. The summed E-state index contributed by atoms with van der Waals surface area (Å²) in [5.41, 5.74) is 1.12. The molecule has 0 bridgehead atoms. The highest BCUT2D eigenvalue weighted by Gasteiger charge is 2.34. The molecule has 1 aliphatic carbocycles. The number of nitrogens with zero attached hydrogens (tertiary/aromatic N) is 2. The van der Waals surface area contributed by atoms with Crippen molar-refractivity contribution < 1.29 is 13.2 Å². The number of hydrogen-bond acceptors (Lipinski definition) is 3. The van der Waals surface area contributed by atoms with Crippen LogP contribution in [0.5, 0.6) is 0 Å². The summed E-state index contributed by atoms with van der Waals surface area (Å²) >= 11 is 0. The van der Waals surface area contributed by atoms with E-state index < -0.39 is 10.0 Å². The summed E-state index contributed by atoms with van der Waals surface area (Å²) in [4.78, 5) is 14.4. The predicted molar refractivity (Wildman–Crippen MR) is 88.5 cm³/mol. The van der Waals surface area contributed by atoms with Crippen LogP contribution in [-0.2, 0) is 21.2 Å². The van der Waals surface area contributed by atoms with Crippen LogP contribution >= 0.6 is 0 Å². The van der Waals surface area contributed by atoms with Gasteiger partial charge in [0, 0.05) is 32.1 Å². The Hall–Kier alpha value is -1.40. The fourth-order valence-electron chi connectivity index (χ4n) is 3.11. The summed E-state index contributed by atoms with van der Waals surface area (Å²) in [7, 11) is -3.45. The van der Waals surface area contributed by atoms with Crippen molar-refractivity contribution in [2.45, 2.75) is 37.5 Å². The van der Waals surface area contributed by atoms with Crippen LogP contribution in [0.1, 0.15) is 31.7 Å². The zero-order valence-corrected chi connectivity index (χ0v) is 14.4. The lowest BCUT2D eigenvalue weighted by Gasteiger charge is -2.37. The van der Waals surface area contributed by atoms with Gasteiger partial charge in [-0.2, -0.15) is 4.31 Å². The number of aryl methyl sites for hydroxylation is 1. The summed E-state index contributed by atoms with van der Waals surface area (Å²) in [5, 5.41) is 0. The standard InChI is InChI=1S/C17H24N2O3S/c1-2-14-6-8-16(9-7-14)23(21,22)19-12-10-18(11-13-19)17(20)15-4-3-5-15/h6-9,15H,2-5,10-13H2,1H3. The Kier molecular flexibility index (Phi) is 4.73. The molecule has 1 aromatic carbocycles. The summed E-state index contributed by atoms with van der Waals surface area (Å²) in [6.45, 7) is 3.82. The molecule has 0 N–H and O–H groups in total. The van der Waals surface area contributed by atoms with E-state index in [1.54, 1.807) is 12.1 Å². The fourth-order valence-corrected chi connectivity index (χ4v) is 4.53. The lowest BCUT2D eigenvalue weighted by Crippen LogP contribution is -2.52. The van der Waals surface area contributed by atoms with Gasteiger partial charge in [-0.1, -0.05) is 25.5 Å². The molecule has 5 nitrogen and oxygen atoms in total. The highest BCUT2D eigenvalue weighted by Crippen LogP contribution is 2.29. The Labute approximate surface area is 138 Å².